The number of rotatable bonds is 4. The molecule has 1 amide bonds. The summed E-state index contributed by atoms with van der Waals surface area (Å²) in [5.41, 5.74) is 0.243. The number of hydrogen-bond donors (Lipinski definition) is 0. The van der Waals surface area contributed by atoms with Crippen molar-refractivity contribution in [3.63, 3.8) is 0 Å². The lowest BCUT2D eigenvalue weighted by Gasteiger charge is -2.33. The van der Waals surface area contributed by atoms with E-state index in [4.69, 9.17) is 11.6 Å². The average molecular weight is 311 g/mol. The van der Waals surface area contributed by atoms with Crippen molar-refractivity contribution < 1.29 is 9.72 Å². The van der Waals surface area contributed by atoms with Gasteiger partial charge in [0.1, 0.15) is 5.02 Å². The van der Waals surface area contributed by atoms with Crippen LogP contribution >= 0.6 is 11.6 Å². The Morgan fingerprint density at radius 2 is 2.05 bits per heavy atom. The molecular weight excluding hydrogens is 292 g/mol. The predicted molar refractivity (Wildman–Crippen MR) is 81.7 cm³/mol. The molecule has 1 saturated carbocycles. The molecule has 5 nitrogen and oxygen atoms in total. The van der Waals surface area contributed by atoms with Gasteiger partial charge in [-0.1, -0.05) is 30.9 Å². The molecule has 6 heteroatoms. The summed E-state index contributed by atoms with van der Waals surface area (Å²) in [6.07, 6.45) is 5.58. The van der Waals surface area contributed by atoms with Gasteiger partial charge in [-0.3, -0.25) is 14.9 Å². The standard InChI is InChI=1S/C15H19ClN2O3/c1-2-17(12-6-4-3-5-7-12)15(19)11-8-9-14(18(20)21)13(16)10-11/h8-10,12H,2-7H2,1H3. The molecule has 1 aliphatic carbocycles. The number of hydrogen-bond acceptors (Lipinski definition) is 3. The maximum Gasteiger partial charge on any atom is 0.287 e. The van der Waals surface area contributed by atoms with Crippen molar-refractivity contribution in [3.05, 3.63) is 38.9 Å². The van der Waals surface area contributed by atoms with Gasteiger partial charge in [0, 0.05) is 24.2 Å². The van der Waals surface area contributed by atoms with E-state index in [0.29, 0.717) is 12.1 Å². The molecule has 1 aromatic rings. The van der Waals surface area contributed by atoms with E-state index in [2.05, 4.69) is 0 Å². The fraction of sp³-hybridized carbons (Fsp3) is 0.533. The molecule has 0 spiro atoms. The zero-order valence-electron chi connectivity index (χ0n) is 12.0. The van der Waals surface area contributed by atoms with Crippen LogP contribution < -0.4 is 0 Å². The third-order valence-electron chi connectivity index (χ3n) is 4.01. The van der Waals surface area contributed by atoms with Gasteiger partial charge in [-0.15, -0.1) is 0 Å². The molecule has 0 unspecified atom stereocenters. The van der Waals surface area contributed by atoms with Gasteiger partial charge in [-0.2, -0.15) is 0 Å². The quantitative estimate of drug-likeness (QED) is 0.622. The second kappa shape index (κ2) is 6.89. The minimum Gasteiger partial charge on any atom is -0.336 e. The minimum atomic E-state index is -0.546. The van der Waals surface area contributed by atoms with Crippen LogP contribution in [0.1, 0.15) is 49.4 Å². The van der Waals surface area contributed by atoms with Crippen LogP contribution in [0.25, 0.3) is 0 Å². The summed E-state index contributed by atoms with van der Waals surface area (Å²) >= 11 is 5.89. The number of halogens is 1. The molecule has 114 valence electrons. The number of nitro benzene ring substituents is 1. The average Bonchev–Trinajstić information content (AvgIpc) is 2.48. The maximum atomic E-state index is 12.6. The Morgan fingerprint density at radius 1 is 1.38 bits per heavy atom. The van der Waals surface area contributed by atoms with Gasteiger partial charge < -0.3 is 4.90 Å². The highest BCUT2D eigenvalue weighted by Gasteiger charge is 2.26. The second-order valence-corrected chi connectivity index (χ2v) is 5.71. The molecule has 1 fully saturated rings. The van der Waals surface area contributed by atoms with Crippen molar-refractivity contribution in [1.82, 2.24) is 4.90 Å². The summed E-state index contributed by atoms with van der Waals surface area (Å²) < 4.78 is 0. The first-order valence-electron chi connectivity index (χ1n) is 7.29. The van der Waals surface area contributed by atoms with Gasteiger partial charge in [0.15, 0.2) is 0 Å². The Labute approximate surface area is 129 Å². The van der Waals surface area contributed by atoms with Crippen LogP contribution in [0.3, 0.4) is 0 Å². The lowest BCUT2D eigenvalue weighted by molar-refractivity contribution is -0.384. The molecule has 1 aromatic carbocycles. The van der Waals surface area contributed by atoms with Crippen molar-refractivity contribution >= 4 is 23.2 Å². The predicted octanol–water partition coefficient (Wildman–Crippen LogP) is 4.04. The van der Waals surface area contributed by atoms with Crippen LogP contribution in [0.15, 0.2) is 18.2 Å². The van der Waals surface area contributed by atoms with Crippen molar-refractivity contribution in [2.75, 3.05) is 6.54 Å². The summed E-state index contributed by atoms with van der Waals surface area (Å²) in [6.45, 7) is 2.59. The molecule has 0 N–H and O–H groups in total. The molecule has 0 aliphatic heterocycles. The zero-order valence-corrected chi connectivity index (χ0v) is 12.8. The number of carbonyl (C=O) groups excluding carboxylic acids is 1. The highest BCUT2D eigenvalue weighted by molar-refractivity contribution is 6.33. The third kappa shape index (κ3) is 3.53. The van der Waals surface area contributed by atoms with Crippen LogP contribution in [0.2, 0.25) is 5.02 Å². The van der Waals surface area contributed by atoms with Crippen molar-refractivity contribution in [2.24, 2.45) is 0 Å². The van der Waals surface area contributed by atoms with Gasteiger partial charge in [0.25, 0.3) is 11.6 Å². The number of nitrogens with zero attached hydrogens (tertiary/aromatic N) is 2. The molecule has 0 aromatic heterocycles. The van der Waals surface area contributed by atoms with Crippen LogP contribution in [-0.2, 0) is 0 Å². The fourth-order valence-corrected chi connectivity index (χ4v) is 3.16. The van der Waals surface area contributed by atoms with Crippen LogP contribution in [0.4, 0.5) is 5.69 Å². The molecular formula is C15H19ClN2O3. The zero-order chi connectivity index (χ0) is 15.4. The Morgan fingerprint density at radius 3 is 2.57 bits per heavy atom. The molecule has 0 bridgehead atoms. The van der Waals surface area contributed by atoms with E-state index in [9.17, 15) is 14.9 Å². The van der Waals surface area contributed by atoms with Crippen molar-refractivity contribution in [3.8, 4) is 0 Å². The summed E-state index contributed by atoms with van der Waals surface area (Å²) in [4.78, 5) is 24.7. The van der Waals surface area contributed by atoms with Crippen molar-refractivity contribution in [1.29, 1.82) is 0 Å². The highest BCUT2D eigenvalue weighted by atomic mass is 35.5. The lowest BCUT2D eigenvalue weighted by atomic mass is 9.93. The number of carbonyl (C=O) groups is 1. The number of amides is 1. The van der Waals surface area contributed by atoms with E-state index >= 15 is 0 Å². The summed E-state index contributed by atoms with van der Waals surface area (Å²) in [5.74, 6) is -0.0961. The summed E-state index contributed by atoms with van der Waals surface area (Å²) in [6, 6.07) is 4.44. The molecule has 1 aliphatic rings. The highest BCUT2D eigenvalue weighted by Crippen LogP contribution is 2.28. The van der Waals surface area contributed by atoms with Gasteiger partial charge in [-0.05, 0) is 31.9 Å². The number of nitro groups is 1. The Hall–Kier alpha value is -1.62. The lowest BCUT2D eigenvalue weighted by Crippen LogP contribution is -2.41. The molecule has 0 heterocycles. The van der Waals surface area contributed by atoms with Crippen LogP contribution in [0, 0.1) is 10.1 Å². The normalized spacial score (nSPS) is 15.7. The Bertz CT molecular complexity index is 542. The number of benzene rings is 1. The SMILES string of the molecule is CCN(C(=O)c1ccc([N+](=O)[O-])c(Cl)c1)C1CCCCC1. The van der Waals surface area contributed by atoms with Gasteiger partial charge in [-0.25, -0.2) is 0 Å². The van der Waals surface area contributed by atoms with E-state index in [0.717, 1.165) is 25.7 Å². The fourth-order valence-electron chi connectivity index (χ4n) is 2.91. The van der Waals surface area contributed by atoms with Gasteiger partial charge in [0.05, 0.1) is 4.92 Å². The van der Waals surface area contributed by atoms with E-state index in [1.54, 1.807) is 0 Å². The van der Waals surface area contributed by atoms with Gasteiger partial charge >= 0.3 is 0 Å². The van der Waals surface area contributed by atoms with Crippen LogP contribution in [0.5, 0.6) is 0 Å². The van der Waals surface area contributed by atoms with Gasteiger partial charge in [0.2, 0.25) is 0 Å². The molecule has 0 radical (unpaired) electrons. The summed E-state index contributed by atoms with van der Waals surface area (Å²) in [5, 5.41) is 10.8. The monoisotopic (exact) mass is 310 g/mol. The molecule has 0 atom stereocenters. The Kier molecular flexibility index (Phi) is 5.17. The van der Waals surface area contributed by atoms with E-state index < -0.39 is 4.92 Å². The Balaban J connectivity index is 2.21. The summed E-state index contributed by atoms with van der Waals surface area (Å²) in [7, 11) is 0. The third-order valence-corrected chi connectivity index (χ3v) is 4.31. The smallest absolute Gasteiger partial charge is 0.287 e. The molecule has 0 saturated heterocycles. The first-order chi connectivity index (χ1) is 10.0. The molecule has 21 heavy (non-hydrogen) atoms. The van der Waals surface area contributed by atoms with Crippen LogP contribution in [-0.4, -0.2) is 28.3 Å². The van der Waals surface area contributed by atoms with E-state index in [1.807, 2.05) is 11.8 Å². The maximum absolute atomic E-state index is 12.6. The largest absolute Gasteiger partial charge is 0.336 e. The van der Waals surface area contributed by atoms with Crippen molar-refractivity contribution in [2.45, 2.75) is 45.1 Å². The first kappa shape index (κ1) is 15.8. The van der Waals surface area contributed by atoms with E-state index in [-0.39, 0.29) is 22.7 Å². The second-order valence-electron chi connectivity index (χ2n) is 5.31. The molecule has 2 rings (SSSR count). The van der Waals surface area contributed by atoms with E-state index in [1.165, 1.54) is 24.6 Å². The minimum absolute atomic E-state index is 0.00514. The topological polar surface area (TPSA) is 63.5 Å². The first-order valence-corrected chi connectivity index (χ1v) is 7.67.